The van der Waals surface area contributed by atoms with E-state index >= 15 is 0 Å². The molecule has 0 atom stereocenters. The van der Waals surface area contributed by atoms with E-state index in [9.17, 15) is 0 Å². The third kappa shape index (κ3) is 227. The Bertz CT molecular complexity index is 64.6. The van der Waals surface area contributed by atoms with E-state index in [0.29, 0.717) is 0 Å². The maximum absolute atomic E-state index is 8.58. The average Bonchev–Trinajstić information content (AvgIpc) is 1.85. The Balaban J connectivity index is -0.000000105. The van der Waals surface area contributed by atoms with Crippen LogP contribution in [0.25, 0.3) is 0 Å². The van der Waals surface area contributed by atoms with Crippen LogP contribution in [0.15, 0.2) is 0 Å². The number of rotatable bonds is 1. The van der Waals surface area contributed by atoms with Gasteiger partial charge in [0, 0.05) is 0 Å². The van der Waals surface area contributed by atoms with Crippen LogP contribution in [0, 0.1) is 0 Å². The van der Waals surface area contributed by atoms with E-state index in [2.05, 4.69) is 13.8 Å². The van der Waals surface area contributed by atoms with Crippen molar-refractivity contribution < 1.29 is 35.1 Å². The molecule has 0 radical (unpaired) electrons. The van der Waals surface area contributed by atoms with Crippen molar-refractivity contribution in [3.05, 3.63) is 0 Å². The molecule has 0 saturated carbocycles. The van der Waals surface area contributed by atoms with Gasteiger partial charge in [0.25, 0.3) is 0 Å². The first-order valence-electron chi connectivity index (χ1n) is 2.97. The topological polar surface area (TPSA) is 92.2 Å². The first-order chi connectivity index (χ1) is 5.33. The SMILES string of the molecule is CCCC.[Cl][Pd+4][Cl].[O-][Si]([O-])([O-])[O-]. The Labute approximate surface area is 89.7 Å². The fraction of sp³-hybridized carbons (Fsp3) is 1.00. The van der Waals surface area contributed by atoms with Gasteiger partial charge in [0.2, 0.25) is 0 Å². The number of hydrogen-bond acceptors (Lipinski definition) is 4. The second-order valence-electron chi connectivity index (χ2n) is 1.55. The van der Waals surface area contributed by atoms with Crippen LogP contribution in [-0.4, -0.2) is 9.05 Å². The third-order valence-corrected chi connectivity index (χ3v) is 0.500. The maximum Gasteiger partial charge on any atom is -0.426 e. The van der Waals surface area contributed by atoms with Gasteiger partial charge in [-0.3, -0.25) is 0 Å². The molecule has 0 amide bonds. The van der Waals surface area contributed by atoms with Crippen LogP contribution >= 0.6 is 19.1 Å². The molecule has 0 aromatic rings. The normalized spacial score (nSPS) is 9.00. The van der Waals surface area contributed by atoms with Gasteiger partial charge < -0.3 is 28.2 Å². The molecule has 0 rings (SSSR count). The first kappa shape index (κ1) is 19.0. The summed E-state index contributed by atoms with van der Waals surface area (Å²) < 4.78 is 0. The van der Waals surface area contributed by atoms with Crippen LogP contribution in [0.1, 0.15) is 26.7 Å². The van der Waals surface area contributed by atoms with E-state index in [-0.39, 0.29) is 15.9 Å². The molecule has 8 heteroatoms. The molecule has 0 saturated heterocycles. The van der Waals surface area contributed by atoms with Crippen molar-refractivity contribution in [2.24, 2.45) is 0 Å². The Kier molecular flexibility index (Phi) is 23.4. The molecule has 0 aromatic carbocycles. The zero-order valence-electron chi connectivity index (χ0n) is 6.62. The summed E-state index contributed by atoms with van der Waals surface area (Å²) in [6.07, 6.45) is 2.64. The van der Waals surface area contributed by atoms with Crippen molar-refractivity contribution in [1.29, 1.82) is 0 Å². The molecule has 0 unspecified atom stereocenters. The van der Waals surface area contributed by atoms with Crippen LogP contribution < -0.4 is 19.2 Å². The minimum absolute atomic E-state index is 0.106. The molecule has 4 nitrogen and oxygen atoms in total. The minimum atomic E-state index is -5.61. The van der Waals surface area contributed by atoms with Crippen LogP contribution in [0.3, 0.4) is 0 Å². The molecule has 0 aliphatic heterocycles. The minimum Gasteiger partial charge on any atom is -0.894 e. The molecule has 0 aromatic heterocycles. The molecule has 12 heavy (non-hydrogen) atoms. The Hall–Kier alpha value is 1.30. The first-order valence-corrected chi connectivity index (χ1v) is 8.61. The van der Waals surface area contributed by atoms with Crippen molar-refractivity contribution in [3.63, 3.8) is 0 Å². The second-order valence-corrected chi connectivity index (χ2v) is 4.91. The molecule has 0 fully saturated rings. The summed E-state index contributed by atoms with van der Waals surface area (Å²) in [5.41, 5.74) is 0. The summed E-state index contributed by atoms with van der Waals surface area (Å²) in [5.74, 6) is 0. The standard InChI is InChI=1S/C4H10.2ClH.O4Si.Pd/c1-3-4-2;;;1-5(2,3)4;/h3-4H2,1-2H3;2*1H;;/q;;;-4;+6/p-2. The summed E-state index contributed by atoms with van der Waals surface area (Å²) in [6, 6.07) is 0. The van der Waals surface area contributed by atoms with Crippen molar-refractivity contribution in [2.75, 3.05) is 0 Å². The van der Waals surface area contributed by atoms with Crippen molar-refractivity contribution in [3.8, 4) is 0 Å². The molecule has 0 N–H and O–H groups in total. The van der Waals surface area contributed by atoms with Gasteiger partial charge >= 0.3 is 35.0 Å². The number of unbranched alkanes of at least 4 members (excludes halogenated alkanes) is 1. The summed E-state index contributed by atoms with van der Waals surface area (Å²) >= 11 is -0.106. The monoisotopic (exact) mass is 326 g/mol. The van der Waals surface area contributed by atoms with Gasteiger partial charge in [-0.2, -0.15) is 0 Å². The fourth-order valence-electron chi connectivity index (χ4n) is 0. The summed E-state index contributed by atoms with van der Waals surface area (Å²) in [4.78, 5) is 34.3. The zero-order valence-corrected chi connectivity index (χ0v) is 10.7. The molecule has 0 aliphatic carbocycles. The van der Waals surface area contributed by atoms with Crippen LogP contribution in [0.4, 0.5) is 0 Å². The molecule has 0 spiro atoms. The zero-order chi connectivity index (χ0) is 10.6. The summed E-state index contributed by atoms with van der Waals surface area (Å²) in [7, 11) is 4.02. The summed E-state index contributed by atoms with van der Waals surface area (Å²) in [5, 5.41) is 0. The smallest absolute Gasteiger partial charge is 0.426 e. The van der Waals surface area contributed by atoms with E-state index in [1.54, 1.807) is 0 Å². The van der Waals surface area contributed by atoms with E-state index in [4.69, 9.17) is 38.2 Å². The van der Waals surface area contributed by atoms with Gasteiger partial charge in [-0.15, -0.1) is 0 Å². The largest absolute Gasteiger partial charge is 0.894 e. The van der Waals surface area contributed by atoms with Gasteiger partial charge in [0.05, 0.1) is 0 Å². The predicted molar refractivity (Wildman–Crippen MR) is 38.0 cm³/mol. The molecular formula is C4H10Cl2O4PdSi. The van der Waals surface area contributed by atoms with Crippen molar-refractivity contribution in [1.82, 2.24) is 0 Å². The quantitative estimate of drug-likeness (QED) is 0.523. The number of hydrogen-bond donors (Lipinski definition) is 0. The molecule has 0 aliphatic rings. The van der Waals surface area contributed by atoms with Gasteiger partial charge in [-0.05, 0) is 0 Å². The van der Waals surface area contributed by atoms with Crippen molar-refractivity contribution >= 4 is 28.1 Å². The van der Waals surface area contributed by atoms with Gasteiger partial charge in [0.15, 0.2) is 0 Å². The van der Waals surface area contributed by atoms with E-state index in [0.717, 1.165) is 0 Å². The predicted octanol–water partition coefficient (Wildman–Crippen LogP) is -1.95. The fourth-order valence-corrected chi connectivity index (χ4v) is 0. The second kappa shape index (κ2) is 14.8. The molecular weight excluding hydrogens is 317 g/mol. The Morgan fingerprint density at radius 3 is 1.08 bits per heavy atom. The summed E-state index contributed by atoms with van der Waals surface area (Å²) in [6.45, 7) is 4.36. The van der Waals surface area contributed by atoms with Crippen LogP contribution in [-0.2, 0) is 15.9 Å². The van der Waals surface area contributed by atoms with Gasteiger partial charge in [-0.1, -0.05) is 26.7 Å². The van der Waals surface area contributed by atoms with E-state index < -0.39 is 9.05 Å². The van der Waals surface area contributed by atoms with Gasteiger partial charge in [0.1, 0.15) is 0 Å². The van der Waals surface area contributed by atoms with E-state index in [1.807, 2.05) is 0 Å². The Morgan fingerprint density at radius 2 is 1.08 bits per heavy atom. The average molecular weight is 328 g/mol. The number of halogens is 2. The van der Waals surface area contributed by atoms with Crippen LogP contribution in [0.5, 0.6) is 0 Å². The maximum atomic E-state index is 8.58. The molecule has 0 heterocycles. The third-order valence-electron chi connectivity index (χ3n) is 0.500. The molecule has 78 valence electrons. The van der Waals surface area contributed by atoms with E-state index in [1.165, 1.54) is 12.8 Å². The Morgan fingerprint density at radius 1 is 1.00 bits per heavy atom. The van der Waals surface area contributed by atoms with Gasteiger partial charge in [-0.25, -0.2) is 0 Å². The van der Waals surface area contributed by atoms with Crippen molar-refractivity contribution in [2.45, 2.75) is 26.7 Å². The van der Waals surface area contributed by atoms with Crippen LogP contribution in [0.2, 0.25) is 0 Å². The molecule has 0 bridgehead atoms.